The first-order chi connectivity index (χ1) is 13.8. The number of amides is 1. The molecule has 0 fully saturated rings. The number of aryl methyl sites for hydroxylation is 1. The third kappa shape index (κ3) is 4.08. The number of methoxy groups -OCH3 is 1. The molecule has 148 valence electrons. The molecular formula is C20H16N2O7. The van der Waals surface area contributed by atoms with E-state index in [0.29, 0.717) is 0 Å². The van der Waals surface area contributed by atoms with E-state index in [1.54, 1.807) is 19.1 Å². The van der Waals surface area contributed by atoms with E-state index >= 15 is 0 Å². The molecule has 0 aliphatic heterocycles. The number of anilines is 1. The Kier molecular flexibility index (Phi) is 5.31. The Morgan fingerprint density at radius 1 is 1.14 bits per heavy atom. The number of carboxylic acids is 1. The number of aromatic carboxylic acids is 1. The van der Waals surface area contributed by atoms with Gasteiger partial charge in [0, 0.05) is 6.07 Å². The predicted molar refractivity (Wildman–Crippen MR) is 103 cm³/mol. The Labute approximate surface area is 164 Å². The Hall–Kier alpha value is -4.14. The monoisotopic (exact) mass is 396 g/mol. The van der Waals surface area contributed by atoms with E-state index in [1.807, 2.05) is 0 Å². The predicted octanol–water partition coefficient (Wildman–Crippen LogP) is 4.12. The van der Waals surface area contributed by atoms with Gasteiger partial charge < -0.3 is 19.6 Å². The van der Waals surface area contributed by atoms with Crippen LogP contribution in [-0.4, -0.2) is 29.0 Å². The van der Waals surface area contributed by atoms with E-state index < -0.39 is 16.8 Å². The molecule has 0 saturated carbocycles. The van der Waals surface area contributed by atoms with Gasteiger partial charge in [-0.3, -0.25) is 14.9 Å². The molecule has 0 aliphatic rings. The lowest BCUT2D eigenvalue weighted by atomic mass is 10.1. The first kappa shape index (κ1) is 19.6. The third-order valence-electron chi connectivity index (χ3n) is 4.14. The lowest BCUT2D eigenvalue weighted by Gasteiger charge is -2.10. The topological polar surface area (TPSA) is 132 Å². The number of nitro benzene ring substituents is 1. The van der Waals surface area contributed by atoms with Crippen LogP contribution in [0.1, 0.15) is 26.5 Å². The average Bonchev–Trinajstić information content (AvgIpc) is 3.17. The summed E-state index contributed by atoms with van der Waals surface area (Å²) in [5.74, 6) is -1.49. The highest BCUT2D eigenvalue weighted by Crippen LogP contribution is 2.32. The summed E-state index contributed by atoms with van der Waals surface area (Å²) in [5.41, 5.74) is 0.941. The van der Waals surface area contributed by atoms with Crippen LogP contribution in [0.3, 0.4) is 0 Å². The lowest BCUT2D eigenvalue weighted by Crippen LogP contribution is -2.12. The largest absolute Gasteiger partial charge is 0.495 e. The minimum absolute atomic E-state index is 0.0310. The smallest absolute Gasteiger partial charge is 0.335 e. The second-order valence-electron chi connectivity index (χ2n) is 6.12. The molecule has 2 N–H and O–H groups in total. The van der Waals surface area contributed by atoms with Gasteiger partial charge in [-0.2, -0.15) is 0 Å². The first-order valence-electron chi connectivity index (χ1n) is 8.38. The van der Waals surface area contributed by atoms with Crippen molar-refractivity contribution >= 4 is 23.3 Å². The van der Waals surface area contributed by atoms with Crippen LogP contribution in [0.25, 0.3) is 11.3 Å². The number of carbonyl (C=O) groups is 2. The van der Waals surface area contributed by atoms with E-state index in [0.717, 1.165) is 5.56 Å². The lowest BCUT2D eigenvalue weighted by molar-refractivity contribution is -0.384. The van der Waals surface area contributed by atoms with Crippen molar-refractivity contribution in [1.82, 2.24) is 0 Å². The number of nitro groups is 1. The highest BCUT2D eigenvalue weighted by atomic mass is 16.6. The SMILES string of the molecule is COc1ccc(C(=O)O)cc1NC(=O)c1ccc(-c2ccc(C)cc2[N+](=O)[O-])o1. The van der Waals surface area contributed by atoms with E-state index in [-0.39, 0.29) is 39.8 Å². The molecule has 0 atom stereocenters. The number of nitrogens with zero attached hydrogens (tertiary/aromatic N) is 1. The summed E-state index contributed by atoms with van der Waals surface area (Å²) in [6.45, 7) is 1.73. The van der Waals surface area contributed by atoms with Gasteiger partial charge in [-0.1, -0.05) is 6.07 Å². The fraction of sp³-hybridized carbons (Fsp3) is 0.100. The second kappa shape index (κ2) is 7.85. The van der Waals surface area contributed by atoms with Crippen LogP contribution in [0.2, 0.25) is 0 Å². The zero-order chi connectivity index (χ0) is 21.1. The summed E-state index contributed by atoms with van der Waals surface area (Å²) < 4.78 is 10.6. The molecule has 1 heterocycles. The Bertz CT molecular complexity index is 1120. The van der Waals surface area contributed by atoms with Gasteiger partial charge in [0.1, 0.15) is 11.5 Å². The van der Waals surface area contributed by atoms with Crippen molar-refractivity contribution in [3.63, 3.8) is 0 Å². The third-order valence-corrected chi connectivity index (χ3v) is 4.14. The number of ether oxygens (including phenoxy) is 1. The number of carbonyl (C=O) groups excluding carboxylic acids is 1. The fourth-order valence-electron chi connectivity index (χ4n) is 2.73. The summed E-state index contributed by atoms with van der Waals surface area (Å²) >= 11 is 0. The van der Waals surface area contributed by atoms with Crippen molar-refractivity contribution in [2.45, 2.75) is 6.92 Å². The molecule has 0 bridgehead atoms. The second-order valence-corrected chi connectivity index (χ2v) is 6.12. The van der Waals surface area contributed by atoms with Gasteiger partial charge >= 0.3 is 5.97 Å². The Morgan fingerprint density at radius 2 is 1.90 bits per heavy atom. The van der Waals surface area contributed by atoms with Crippen molar-refractivity contribution in [2.24, 2.45) is 0 Å². The van der Waals surface area contributed by atoms with E-state index in [9.17, 15) is 19.7 Å². The van der Waals surface area contributed by atoms with Gasteiger partial charge in [-0.05, 0) is 48.9 Å². The van der Waals surface area contributed by atoms with E-state index in [4.69, 9.17) is 14.3 Å². The average molecular weight is 396 g/mol. The maximum absolute atomic E-state index is 12.5. The van der Waals surface area contributed by atoms with E-state index in [1.165, 1.54) is 43.5 Å². The summed E-state index contributed by atoms with van der Waals surface area (Å²) in [5, 5.41) is 23.0. The standard InChI is InChI=1S/C20H16N2O7/c1-11-3-5-13(15(9-11)22(26)27)16-7-8-18(29-16)19(23)21-14-10-12(20(24)25)4-6-17(14)28-2/h3-10H,1-2H3,(H,21,23)(H,24,25). The number of hydrogen-bond donors (Lipinski definition) is 2. The van der Waals surface area contributed by atoms with E-state index in [2.05, 4.69) is 5.32 Å². The van der Waals surface area contributed by atoms with Crippen molar-refractivity contribution in [1.29, 1.82) is 0 Å². The van der Waals surface area contributed by atoms with Crippen LogP contribution in [0, 0.1) is 17.0 Å². The fourth-order valence-corrected chi connectivity index (χ4v) is 2.73. The highest BCUT2D eigenvalue weighted by molar-refractivity contribution is 6.04. The molecule has 0 aliphatic carbocycles. The Morgan fingerprint density at radius 3 is 2.55 bits per heavy atom. The Balaban J connectivity index is 1.91. The summed E-state index contributed by atoms with van der Waals surface area (Å²) in [6.07, 6.45) is 0. The molecule has 0 saturated heterocycles. The van der Waals surface area contributed by atoms with Gasteiger partial charge in [0.2, 0.25) is 0 Å². The number of nitrogens with one attached hydrogen (secondary N) is 1. The van der Waals surface area contributed by atoms with Crippen molar-refractivity contribution < 1.29 is 28.8 Å². The molecule has 3 aromatic rings. The number of furan rings is 1. The van der Waals surface area contributed by atoms with Crippen LogP contribution in [0.5, 0.6) is 5.75 Å². The maximum atomic E-state index is 12.5. The van der Waals surface area contributed by atoms with Crippen molar-refractivity contribution in [3.05, 3.63) is 75.5 Å². The summed E-state index contributed by atoms with van der Waals surface area (Å²) in [6, 6.07) is 11.5. The molecule has 3 rings (SSSR count). The molecule has 29 heavy (non-hydrogen) atoms. The number of rotatable bonds is 6. The minimum Gasteiger partial charge on any atom is -0.495 e. The van der Waals surface area contributed by atoms with Crippen LogP contribution < -0.4 is 10.1 Å². The molecule has 1 aromatic heterocycles. The molecular weight excluding hydrogens is 380 g/mol. The number of carboxylic acid groups (broad SMARTS) is 1. The normalized spacial score (nSPS) is 10.4. The van der Waals surface area contributed by atoms with Gasteiger partial charge in [0.05, 0.1) is 28.8 Å². The van der Waals surface area contributed by atoms with Crippen LogP contribution in [-0.2, 0) is 0 Å². The molecule has 1 amide bonds. The quantitative estimate of drug-likeness (QED) is 0.473. The molecule has 9 nitrogen and oxygen atoms in total. The van der Waals surface area contributed by atoms with Crippen LogP contribution in [0.4, 0.5) is 11.4 Å². The zero-order valence-corrected chi connectivity index (χ0v) is 15.5. The molecule has 0 spiro atoms. The highest BCUT2D eigenvalue weighted by Gasteiger charge is 2.21. The maximum Gasteiger partial charge on any atom is 0.335 e. The summed E-state index contributed by atoms with van der Waals surface area (Å²) in [7, 11) is 1.38. The first-order valence-corrected chi connectivity index (χ1v) is 8.38. The van der Waals surface area contributed by atoms with Gasteiger partial charge in [-0.25, -0.2) is 4.79 Å². The molecule has 0 unspecified atom stereocenters. The van der Waals surface area contributed by atoms with Crippen LogP contribution in [0.15, 0.2) is 52.9 Å². The van der Waals surface area contributed by atoms with Gasteiger partial charge in [-0.15, -0.1) is 0 Å². The van der Waals surface area contributed by atoms with Gasteiger partial charge in [0.25, 0.3) is 11.6 Å². The molecule has 2 aromatic carbocycles. The number of benzene rings is 2. The minimum atomic E-state index is -1.16. The molecule has 9 heteroatoms. The van der Waals surface area contributed by atoms with Crippen molar-refractivity contribution in [3.8, 4) is 17.1 Å². The zero-order valence-electron chi connectivity index (χ0n) is 15.5. The molecule has 0 radical (unpaired) electrons. The van der Waals surface area contributed by atoms with Crippen molar-refractivity contribution in [2.75, 3.05) is 12.4 Å². The summed E-state index contributed by atoms with van der Waals surface area (Å²) in [4.78, 5) is 34.5. The van der Waals surface area contributed by atoms with Gasteiger partial charge in [0.15, 0.2) is 5.76 Å². The van der Waals surface area contributed by atoms with Crippen LogP contribution >= 0.6 is 0 Å². The number of hydrogen-bond acceptors (Lipinski definition) is 6.